The molecule has 0 rings (SSSR count). The van der Waals surface area contributed by atoms with Crippen LogP contribution >= 0.6 is 0 Å². The van der Waals surface area contributed by atoms with Crippen LogP contribution in [0.25, 0.3) is 0 Å². The largest absolute Gasteiger partial charge is 0.452 e. The van der Waals surface area contributed by atoms with Crippen molar-refractivity contribution in [3.63, 3.8) is 0 Å². The molecule has 0 aromatic carbocycles. The average molecular weight is 216 g/mol. The topological polar surface area (TPSA) is 77.3 Å². The van der Waals surface area contributed by atoms with Crippen LogP contribution in [-0.2, 0) is 9.47 Å². The van der Waals surface area contributed by atoms with E-state index in [9.17, 15) is 9.59 Å². The van der Waals surface area contributed by atoms with Gasteiger partial charge in [-0.3, -0.25) is 0 Å². The van der Waals surface area contributed by atoms with Crippen molar-refractivity contribution in [1.29, 1.82) is 0 Å². The third kappa shape index (κ3) is 8.86. The van der Waals surface area contributed by atoms with Crippen molar-refractivity contribution in [3.8, 4) is 0 Å². The van der Waals surface area contributed by atoms with Crippen LogP contribution in [0.4, 0.5) is 9.59 Å². The highest BCUT2D eigenvalue weighted by atomic mass is 16.6. The predicted octanol–water partition coefficient (Wildman–Crippen LogP) is 2.92. The third-order valence-corrected chi connectivity index (χ3v) is 1.61. The number of rotatable bonds is 5. The van der Waals surface area contributed by atoms with Crippen LogP contribution in [0.2, 0.25) is 0 Å². The number of carbonyl (C=O) groups is 2. The van der Waals surface area contributed by atoms with Crippen LogP contribution in [0.3, 0.4) is 0 Å². The van der Waals surface area contributed by atoms with Crippen molar-refractivity contribution in [2.24, 2.45) is 10.2 Å². The van der Waals surface area contributed by atoms with E-state index in [1.165, 1.54) is 0 Å². The molecule has 0 saturated carbocycles. The Kier molecular flexibility index (Phi) is 8.22. The Labute approximate surface area is 88.7 Å². The molecule has 0 aliphatic rings. The normalized spacial score (nSPS) is 10.3. The number of nitrogens with zero attached hydrogens (tertiary/aromatic N) is 2. The van der Waals surface area contributed by atoms with Gasteiger partial charge in [0.25, 0.3) is 0 Å². The SMILES string of the molecule is CCCCCCOC(=O)/N=N/C(=O)OC. The van der Waals surface area contributed by atoms with Gasteiger partial charge in [0.1, 0.15) is 0 Å². The monoisotopic (exact) mass is 216 g/mol. The molecule has 0 unspecified atom stereocenters. The van der Waals surface area contributed by atoms with Gasteiger partial charge in [-0.05, 0) is 6.42 Å². The second-order valence-electron chi connectivity index (χ2n) is 2.85. The summed E-state index contributed by atoms with van der Waals surface area (Å²) in [5, 5.41) is 5.95. The molecule has 0 N–H and O–H groups in total. The third-order valence-electron chi connectivity index (χ3n) is 1.61. The molecule has 0 aliphatic carbocycles. The van der Waals surface area contributed by atoms with Crippen molar-refractivity contribution in [2.45, 2.75) is 32.6 Å². The summed E-state index contributed by atoms with van der Waals surface area (Å²) in [7, 11) is 1.15. The molecule has 86 valence electrons. The molecular formula is C9H16N2O4. The highest BCUT2D eigenvalue weighted by Crippen LogP contribution is 1.99. The van der Waals surface area contributed by atoms with Crippen LogP contribution < -0.4 is 0 Å². The van der Waals surface area contributed by atoms with Gasteiger partial charge < -0.3 is 9.47 Å². The van der Waals surface area contributed by atoms with Gasteiger partial charge in [0.05, 0.1) is 13.7 Å². The van der Waals surface area contributed by atoms with Crippen molar-refractivity contribution in [2.75, 3.05) is 13.7 Å². The minimum absolute atomic E-state index is 0.305. The summed E-state index contributed by atoms with van der Waals surface area (Å²) >= 11 is 0. The fraction of sp³-hybridized carbons (Fsp3) is 0.778. The summed E-state index contributed by atoms with van der Waals surface area (Å²) in [6.45, 7) is 2.40. The summed E-state index contributed by atoms with van der Waals surface area (Å²) in [5.41, 5.74) is 0. The number of azo groups is 1. The summed E-state index contributed by atoms with van der Waals surface area (Å²) in [6, 6.07) is 0. The molecule has 0 radical (unpaired) electrons. The maximum Gasteiger partial charge on any atom is 0.452 e. The Morgan fingerprint density at radius 2 is 1.73 bits per heavy atom. The lowest BCUT2D eigenvalue weighted by atomic mass is 10.2. The molecule has 0 aliphatic heterocycles. The summed E-state index contributed by atoms with van der Waals surface area (Å²) < 4.78 is 8.83. The maximum absolute atomic E-state index is 10.8. The molecule has 0 spiro atoms. The van der Waals surface area contributed by atoms with Gasteiger partial charge in [0.2, 0.25) is 0 Å². The number of hydrogen-bond donors (Lipinski definition) is 0. The minimum Gasteiger partial charge on any atom is -0.450 e. The zero-order valence-electron chi connectivity index (χ0n) is 9.06. The van der Waals surface area contributed by atoms with Crippen molar-refractivity contribution < 1.29 is 19.1 Å². The van der Waals surface area contributed by atoms with Crippen molar-refractivity contribution >= 4 is 12.2 Å². The van der Waals surface area contributed by atoms with E-state index in [4.69, 9.17) is 0 Å². The van der Waals surface area contributed by atoms with Crippen LogP contribution in [0, 0.1) is 0 Å². The molecule has 0 atom stereocenters. The van der Waals surface area contributed by atoms with Crippen LogP contribution in [-0.4, -0.2) is 25.9 Å². The smallest absolute Gasteiger partial charge is 0.450 e. The number of ether oxygens (including phenoxy) is 2. The van der Waals surface area contributed by atoms with Gasteiger partial charge >= 0.3 is 12.2 Å². The molecule has 6 heteroatoms. The Morgan fingerprint density at radius 3 is 2.33 bits per heavy atom. The highest BCUT2D eigenvalue weighted by molar-refractivity contribution is 5.72. The first-order valence-corrected chi connectivity index (χ1v) is 4.87. The molecule has 2 amide bonds. The fourth-order valence-electron chi connectivity index (χ4n) is 0.840. The standard InChI is InChI=1S/C9H16N2O4/c1-3-4-5-6-7-15-9(13)11-10-8(12)14-2/h3-7H2,1-2H3/b11-10+. The summed E-state index contributed by atoms with van der Waals surface area (Å²) in [5.74, 6) is 0. The van der Waals surface area contributed by atoms with E-state index in [-0.39, 0.29) is 0 Å². The molecule has 0 saturated heterocycles. The zero-order valence-corrected chi connectivity index (χ0v) is 9.06. The first-order valence-electron chi connectivity index (χ1n) is 4.87. The molecular weight excluding hydrogens is 200 g/mol. The predicted molar refractivity (Wildman–Crippen MR) is 52.8 cm³/mol. The van der Waals surface area contributed by atoms with Gasteiger partial charge in [0, 0.05) is 0 Å². The molecule has 0 heterocycles. The number of methoxy groups -OCH3 is 1. The Morgan fingerprint density at radius 1 is 1.07 bits per heavy atom. The van der Waals surface area contributed by atoms with E-state index in [0.717, 1.165) is 32.8 Å². The van der Waals surface area contributed by atoms with Crippen LogP contribution in [0.1, 0.15) is 32.6 Å². The van der Waals surface area contributed by atoms with E-state index >= 15 is 0 Å². The average Bonchev–Trinajstić information content (AvgIpc) is 2.25. The Hall–Kier alpha value is -1.46. The summed E-state index contributed by atoms with van der Waals surface area (Å²) in [4.78, 5) is 21.2. The van der Waals surface area contributed by atoms with E-state index in [0.29, 0.717) is 6.61 Å². The number of hydrogen-bond acceptors (Lipinski definition) is 4. The highest BCUT2D eigenvalue weighted by Gasteiger charge is 2.01. The molecule has 0 aromatic rings. The zero-order chi connectivity index (χ0) is 11.5. The van der Waals surface area contributed by atoms with Crippen molar-refractivity contribution in [3.05, 3.63) is 0 Å². The lowest BCUT2D eigenvalue weighted by molar-refractivity contribution is 0.150. The molecule has 0 aromatic heterocycles. The minimum atomic E-state index is -0.919. The second-order valence-corrected chi connectivity index (χ2v) is 2.85. The van der Waals surface area contributed by atoms with Gasteiger partial charge in [-0.1, -0.05) is 36.4 Å². The van der Waals surface area contributed by atoms with Crippen LogP contribution in [0.15, 0.2) is 10.2 Å². The first kappa shape index (κ1) is 13.5. The van der Waals surface area contributed by atoms with Gasteiger partial charge in [-0.15, -0.1) is 0 Å². The van der Waals surface area contributed by atoms with Crippen LogP contribution in [0.5, 0.6) is 0 Å². The first-order chi connectivity index (χ1) is 7.20. The van der Waals surface area contributed by atoms with E-state index in [2.05, 4.69) is 26.6 Å². The fourth-order valence-corrected chi connectivity index (χ4v) is 0.840. The number of carbonyl (C=O) groups excluding carboxylic acids is 2. The summed E-state index contributed by atoms with van der Waals surface area (Å²) in [6.07, 6.45) is 2.26. The molecule has 6 nitrogen and oxygen atoms in total. The maximum atomic E-state index is 10.8. The van der Waals surface area contributed by atoms with E-state index in [1.807, 2.05) is 0 Å². The van der Waals surface area contributed by atoms with E-state index in [1.54, 1.807) is 0 Å². The van der Waals surface area contributed by atoms with Crippen molar-refractivity contribution in [1.82, 2.24) is 0 Å². The Balaban J connectivity index is 3.49. The lowest BCUT2D eigenvalue weighted by Gasteiger charge is -1.99. The van der Waals surface area contributed by atoms with Gasteiger partial charge in [-0.25, -0.2) is 9.59 Å². The van der Waals surface area contributed by atoms with Gasteiger partial charge in [-0.2, -0.15) is 0 Å². The number of unbranched alkanes of at least 4 members (excludes halogenated alkanes) is 3. The van der Waals surface area contributed by atoms with E-state index < -0.39 is 12.2 Å². The second kappa shape index (κ2) is 9.11. The Bertz CT molecular complexity index is 228. The molecule has 0 bridgehead atoms. The molecule has 0 fully saturated rings. The molecule has 15 heavy (non-hydrogen) atoms. The lowest BCUT2D eigenvalue weighted by Crippen LogP contribution is -2.01. The number of amides is 2. The van der Waals surface area contributed by atoms with Gasteiger partial charge in [0.15, 0.2) is 0 Å². The quantitative estimate of drug-likeness (QED) is 0.522.